The third-order valence-electron chi connectivity index (χ3n) is 6.94. The third-order valence-corrected chi connectivity index (χ3v) is 6.94. The normalized spacial score (nSPS) is 11.4. The van der Waals surface area contributed by atoms with Gasteiger partial charge in [0.15, 0.2) is 0 Å². The number of pyridine rings is 1. The van der Waals surface area contributed by atoms with Crippen molar-refractivity contribution in [2.75, 3.05) is 26.2 Å². The summed E-state index contributed by atoms with van der Waals surface area (Å²) >= 11 is 0. The van der Waals surface area contributed by atoms with Crippen LogP contribution in [0.15, 0.2) is 60.7 Å². The van der Waals surface area contributed by atoms with Gasteiger partial charge in [-0.1, -0.05) is 62.4 Å². The molecule has 0 saturated heterocycles. The molecule has 0 atom stereocenters. The number of aryl methyl sites for hydroxylation is 3. The minimum atomic E-state index is 0. The van der Waals surface area contributed by atoms with E-state index in [1.807, 2.05) is 0 Å². The molecule has 188 valence electrons. The first-order valence-electron chi connectivity index (χ1n) is 13.1. The molecular formula is C30H41ClN4. The van der Waals surface area contributed by atoms with E-state index in [-0.39, 0.29) is 12.4 Å². The smallest absolute Gasteiger partial charge is 0.0707 e. The molecule has 0 aliphatic heterocycles. The van der Waals surface area contributed by atoms with Gasteiger partial charge in [0.2, 0.25) is 0 Å². The SMILES string of the molecule is CCN(CC)CCCCNCc1cc2c3ccccc3n(CCCc3ccccc3)c2c(C)n1.Cl. The van der Waals surface area contributed by atoms with Crippen molar-refractivity contribution in [3.05, 3.63) is 77.6 Å². The van der Waals surface area contributed by atoms with Crippen LogP contribution in [0.25, 0.3) is 21.8 Å². The molecule has 4 nitrogen and oxygen atoms in total. The fourth-order valence-electron chi connectivity index (χ4n) is 5.08. The minimum absolute atomic E-state index is 0. The number of unbranched alkanes of at least 4 members (excludes halogenated alkanes) is 1. The Hall–Kier alpha value is -2.40. The van der Waals surface area contributed by atoms with Gasteiger partial charge in [0.25, 0.3) is 0 Å². The first kappa shape index (κ1) is 27.2. The number of hydrogen-bond acceptors (Lipinski definition) is 3. The zero-order chi connectivity index (χ0) is 23.8. The van der Waals surface area contributed by atoms with Gasteiger partial charge >= 0.3 is 0 Å². The number of hydrogen-bond donors (Lipinski definition) is 1. The summed E-state index contributed by atoms with van der Waals surface area (Å²) in [5.74, 6) is 0. The molecule has 0 amide bonds. The summed E-state index contributed by atoms with van der Waals surface area (Å²) in [6, 6.07) is 21.9. The van der Waals surface area contributed by atoms with E-state index in [1.165, 1.54) is 46.8 Å². The van der Waals surface area contributed by atoms with Crippen LogP contribution >= 0.6 is 12.4 Å². The Morgan fingerprint density at radius 3 is 2.40 bits per heavy atom. The number of nitrogens with zero attached hydrogens (tertiary/aromatic N) is 3. The quantitative estimate of drug-likeness (QED) is 0.209. The van der Waals surface area contributed by atoms with Gasteiger partial charge < -0.3 is 14.8 Å². The molecule has 0 spiro atoms. The molecule has 2 heterocycles. The minimum Gasteiger partial charge on any atom is -0.339 e. The third kappa shape index (κ3) is 6.84. The van der Waals surface area contributed by atoms with E-state index < -0.39 is 0 Å². The van der Waals surface area contributed by atoms with E-state index in [4.69, 9.17) is 4.98 Å². The molecular weight excluding hydrogens is 452 g/mol. The molecule has 0 saturated carbocycles. The molecule has 2 aromatic heterocycles. The summed E-state index contributed by atoms with van der Waals surface area (Å²) in [7, 11) is 0. The highest BCUT2D eigenvalue weighted by Gasteiger charge is 2.14. The fourth-order valence-corrected chi connectivity index (χ4v) is 5.08. The zero-order valence-corrected chi connectivity index (χ0v) is 22.4. The van der Waals surface area contributed by atoms with Gasteiger partial charge in [-0.15, -0.1) is 12.4 Å². The van der Waals surface area contributed by atoms with E-state index in [2.05, 4.69) is 96.2 Å². The standard InChI is InChI=1S/C30H40N4.ClH/c1-4-33(5-2)20-12-11-19-31-23-26-22-28-27-17-9-10-18-29(27)34(30(28)24(3)32-26)21-13-16-25-14-7-6-8-15-25;/h6-10,14-15,17-18,22,31H,4-5,11-13,16,19-21,23H2,1-3H3;1H. The summed E-state index contributed by atoms with van der Waals surface area (Å²) < 4.78 is 2.49. The molecule has 4 rings (SSSR count). The molecule has 0 aliphatic rings. The van der Waals surface area contributed by atoms with Crippen molar-refractivity contribution in [2.24, 2.45) is 0 Å². The maximum Gasteiger partial charge on any atom is 0.0707 e. The average Bonchev–Trinajstić information content (AvgIpc) is 3.18. The van der Waals surface area contributed by atoms with Crippen molar-refractivity contribution in [3.8, 4) is 0 Å². The first-order chi connectivity index (χ1) is 16.7. The number of aromatic nitrogens is 2. The van der Waals surface area contributed by atoms with Crippen molar-refractivity contribution < 1.29 is 0 Å². The highest BCUT2D eigenvalue weighted by atomic mass is 35.5. The lowest BCUT2D eigenvalue weighted by atomic mass is 10.1. The molecule has 0 aliphatic carbocycles. The predicted octanol–water partition coefficient (Wildman–Crippen LogP) is 6.76. The second-order valence-electron chi connectivity index (χ2n) is 9.26. The lowest BCUT2D eigenvalue weighted by Gasteiger charge is -2.17. The number of para-hydroxylation sites is 1. The number of benzene rings is 2. The van der Waals surface area contributed by atoms with Crippen LogP contribution in [-0.2, 0) is 19.5 Å². The van der Waals surface area contributed by atoms with Crippen molar-refractivity contribution in [1.82, 2.24) is 19.8 Å². The maximum atomic E-state index is 5.00. The lowest BCUT2D eigenvalue weighted by Crippen LogP contribution is -2.25. The second-order valence-corrected chi connectivity index (χ2v) is 9.26. The average molecular weight is 493 g/mol. The van der Waals surface area contributed by atoms with Crippen LogP contribution in [0.1, 0.15) is 50.1 Å². The number of rotatable bonds is 13. The Balaban J connectivity index is 0.00000342. The van der Waals surface area contributed by atoms with E-state index in [9.17, 15) is 0 Å². The number of nitrogens with one attached hydrogen (secondary N) is 1. The lowest BCUT2D eigenvalue weighted by molar-refractivity contribution is 0.296. The van der Waals surface area contributed by atoms with Crippen molar-refractivity contribution >= 4 is 34.2 Å². The molecule has 4 aromatic rings. The Bertz CT molecular complexity index is 1180. The van der Waals surface area contributed by atoms with E-state index >= 15 is 0 Å². The van der Waals surface area contributed by atoms with Crippen LogP contribution in [0, 0.1) is 6.92 Å². The summed E-state index contributed by atoms with van der Waals surface area (Å²) in [4.78, 5) is 7.50. The molecule has 0 bridgehead atoms. The van der Waals surface area contributed by atoms with Crippen LogP contribution in [-0.4, -0.2) is 40.6 Å². The maximum absolute atomic E-state index is 5.00. The first-order valence-corrected chi connectivity index (χ1v) is 13.1. The van der Waals surface area contributed by atoms with Crippen molar-refractivity contribution in [2.45, 2.75) is 59.5 Å². The summed E-state index contributed by atoms with van der Waals surface area (Å²) in [5.41, 5.74) is 6.28. The number of halogens is 1. The summed E-state index contributed by atoms with van der Waals surface area (Å²) in [5, 5.41) is 6.29. The molecule has 1 N–H and O–H groups in total. The largest absolute Gasteiger partial charge is 0.339 e. The van der Waals surface area contributed by atoms with E-state index in [0.29, 0.717) is 0 Å². The van der Waals surface area contributed by atoms with Crippen molar-refractivity contribution in [1.29, 1.82) is 0 Å². The Kier molecular flexibility index (Phi) is 10.6. The molecule has 5 heteroatoms. The summed E-state index contributed by atoms with van der Waals surface area (Å²) in [6.45, 7) is 13.0. The molecule has 0 unspecified atom stereocenters. The molecule has 2 aromatic carbocycles. The highest BCUT2D eigenvalue weighted by molar-refractivity contribution is 6.08. The zero-order valence-electron chi connectivity index (χ0n) is 21.6. The Morgan fingerprint density at radius 2 is 1.63 bits per heavy atom. The number of fused-ring (bicyclic) bond motifs is 3. The monoisotopic (exact) mass is 492 g/mol. The highest BCUT2D eigenvalue weighted by Crippen LogP contribution is 2.31. The summed E-state index contributed by atoms with van der Waals surface area (Å²) in [6.07, 6.45) is 4.67. The van der Waals surface area contributed by atoms with Gasteiger partial charge in [-0.05, 0) is 76.5 Å². The van der Waals surface area contributed by atoms with E-state index in [0.717, 1.165) is 57.0 Å². The topological polar surface area (TPSA) is 33.1 Å². The predicted molar refractivity (Wildman–Crippen MR) is 153 cm³/mol. The molecule has 0 fully saturated rings. The van der Waals surface area contributed by atoms with Crippen LogP contribution < -0.4 is 5.32 Å². The van der Waals surface area contributed by atoms with Gasteiger partial charge in [-0.3, -0.25) is 4.98 Å². The van der Waals surface area contributed by atoms with Crippen molar-refractivity contribution in [3.63, 3.8) is 0 Å². The van der Waals surface area contributed by atoms with Crippen LogP contribution in [0.2, 0.25) is 0 Å². The van der Waals surface area contributed by atoms with E-state index in [1.54, 1.807) is 0 Å². The van der Waals surface area contributed by atoms with Gasteiger partial charge in [0.1, 0.15) is 0 Å². The fraction of sp³-hybridized carbons (Fsp3) is 0.433. The van der Waals surface area contributed by atoms with Gasteiger partial charge in [0.05, 0.1) is 16.9 Å². The second kappa shape index (κ2) is 13.6. The van der Waals surface area contributed by atoms with Crippen LogP contribution in [0.4, 0.5) is 0 Å². The molecule has 0 radical (unpaired) electrons. The van der Waals surface area contributed by atoms with Gasteiger partial charge in [-0.25, -0.2) is 0 Å². The van der Waals surface area contributed by atoms with Gasteiger partial charge in [0, 0.05) is 29.4 Å². The Morgan fingerprint density at radius 1 is 0.886 bits per heavy atom. The van der Waals surface area contributed by atoms with Gasteiger partial charge in [-0.2, -0.15) is 0 Å². The van der Waals surface area contributed by atoms with Crippen LogP contribution in [0.3, 0.4) is 0 Å². The van der Waals surface area contributed by atoms with Crippen LogP contribution in [0.5, 0.6) is 0 Å². The Labute approximate surface area is 217 Å². The molecule has 35 heavy (non-hydrogen) atoms.